The number of aliphatic imine (C=N–C) groups is 1. The molecule has 10 nitrogen and oxygen atoms in total. The number of rotatable bonds is 5. The first kappa shape index (κ1) is 23.0. The predicted octanol–water partition coefficient (Wildman–Crippen LogP) is 2.96. The van der Waals surface area contributed by atoms with Gasteiger partial charge < -0.3 is 10.6 Å². The fourth-order valence-corrected chi connectivity index (χ4v) is 5.91. The number of fused-ring (bicyclic) bond motifs is 1. The van der Waals surface area contributed by atoms with Crippen molar-refractivity contribution >= 4 is 61.4 Å². The fourth-order valence-electron chi connectivity index (χ4n) is 3.52. The summed E-state index contributed by atoms with van der Waals surface area (Å²) in [5.41, 5.74) is 2.05. The zero-order chi connectivity index (χ0) is 24.6. The maximum absolute atomic E-state index is 13.0. The number of nitrogens with one attached hydrogen (secondary N) is 3. The summed E-state index contributed by atoms with van der Waals surface area (Å²) >= 11 is 6.60. The lowest BCUT2D eigenvalue weighted by atomic mass is 10.1. The van der Waals surface area contributed by atoms with Gasteiger partial charge in [0.25, 0.3) is 15.6 Å². The minimum absolute atomic E-state index is 0.0733. The molecule has 1 aliphatic rings. The molecule has 5 rings (SSSR count). The molecule has 178 valence electrons. The zero-order valence-electron chi connectivity index (χ0n) is 17.9. The molecule has 1 aliphatic heterocycles. The second-order valence-corrected chi connectivity index (χ2v) is 11.1. The first-order valence-electron chi connectivity index (χ1n) is 10.3. The lowest BCUT2D eigenvalue weighted by molar-refractivity contribution is 0.256. The summed E-state index contributed by atoms with van der Waals surface area (Å²) in [5, 5.41) is 6.10. The van der Waals surface area contributed by atoms with Crippen LogP contribution in [0.3, 0.4) is 0 Å². The van der Waals surface area contributed by atoms with Gasteiger partial charge in [-0.1, -0.05) is 17.7 Å². The Labute approximate surface area is 208 Å². The summed E-state index contributed by atoms with van der Waals surface area (Å²) in [6.45, 7) is 1.50. The van der Waals surface area contributed by atoms with Crippen molar-refractivity contribution in [2.75, 3.05) is 18.4 Å². The van der Waals surface area contributed by atoms with Crippen LogP contribution < -0.4 is 20.9 Å². The SMILES string of the molecule is O=C(Nc1ccc(-n2cnc3cc(C4=NCCN4)ccc3c2=O)cc1)NS(=O)(=O)c1ccc(Cl)s1. The molecule has 0 saturated carbocycles. The standard InChI is InChI=1S/C22H17ClN6O4S2/c23-18-7-8-19(34-18)35(32,33)28-22(31)27-14-2-4-15(5-3-14)29-12-26-17-11-13(20-24-9-10-25-20)1-6-16(17)21(29)30/h1-8,11-12H,9-10H2,(H,24,25)(H2,27,28,31). The van der Waals surface area contributed by atoms with E-state index in [1.165, 1.54) is 23.0 Å². The number of nitrogens with zero attached hydrogens (tertiary/aromatic N) is 3. The van der Waals surface area contributed by atoms with Gasteiger partial charge >= 0.3 is 6.03 Å². The number of sulfonamides is 1. The van der Waals surface area contributed by atoms with Crippen molar-refractivity contribution < 1.29 is 13.2 Å². The molecule has 2 aromatic carbocycles. The Bertz CT molecular complexity index is 1640. The number of carbonyl (C=O) groups is 1. The number of carbonyl (C=O) groups excluding carboxylic acids is 1. The first-order chi connectivity index (χ1) is 16.8. The van der Waals surface area contributed by atoms with Crippen LogP contribution in [0.5, 0.6) is 0 Å². The number of hydrogen-bond acceptors (Lipinski definition) is 8. The van der Waals surface area contributed by atoms with E-state index in [-0.39, 0.29) is 9.77 Å². The highest BCUT2D eigenvalue weighted by atomic mass is 35.5. The molecule has 0 bridgehead atoms. The van der Waals surface area contributed by atoms with Crippen molar-refractivity contribution in [3.8, 4) is 5.69 Å². The van der Waals surface area contributed by atoms with Crippen LogP contribution in [-0.2, 0) is 10.0 Å². The molecule has 3 heterocycles. The first-order valence-corrected chi connectivity index (χ1v) is 13.0. The number of thiophene rings is 1. The minimum atomic E-state index is -4.04. The maximum Gasteiger partial charge on any atom is 0.333 e. The summed E-state index contributed by atoms with van der Waals surface area (Å²) in [6.07, 6.45) is 1.44. The molecule has 0 spiro atoms. The van der Waals surface area contributed by atoms with E-state index < -0.39 is 16.1 Å². The van der Waals surface area contributed by atoms with Crippen LogP contribution in [-0.4, -0.2) is 42.9 Å². The number of urea groups is 1. The van der Waals surface area contributed by atoms with E-state index in [2.05, 4.69) is 20.6 Å². The Balaban J connectivity index is 1.33. The number of anilines is 1. The van der Waals surface area contributed by atoms with Crippen LogP contribution in [0.1, 0.15) is 5.56 Å². The van der Waals surface area contributed by atoms with Crippen molar-refractivity contribution in [1.29, 1.82) is 0 Å². The summed E-state index contributed by atoms with van der Waals surface area (Å²) in [4.78, 5) is 34.0. The molecule has 3 N–H and O–H groups in total. The number of amidine groups is 1. The smallest absolute Gasteiger partial charge is 0.333 e. The van der Waals surface area contributed by atoms with Gasteiger partial charge in [-0.2, -0.15) is 0 Å². The average molecular weight is 529 g/mol. The lowest BCUT2D eigenvalue weighted by Gasteiger charge is -2.10. The molecule has 2 amide bonds. The third-order valence-electron chi connectivity index (χ3n) is 5.15. The topological polar surface area (TPSA) is 135 Å². The highest BCUT2D eigenvalue weighted by Gasteiger charge is 2.20. The van der Waals surface area contributed by atoms with Gasteiger partial charge in [0.05, 0.1) is 27.5 Å². The fraction of sp³-hybridized carbons (Fsp3) is 0.0909. The molecule has 13 heteroatoms. The van der Waals surface area contributed by atoms with Crippen molar-refractivity contribution in [3.63, 3.8) is 0 Å². The molecule has 0 unspecified atom stereocenters. The third-order valence-corrected chi connectivity index (χ3v) is 8.20. The van der Waals surface area contributed by atoms with Crippen molar-refractivity contribution in [1.82, 2.24) is 19.6 Å². The second-order valence-electron chi connectivity index (χ2n) is 7.47. The number of benzene rings is 2. The third kappa shape index (κ3) is 4.76. The van der Waals surface area contributed by atoms with Crippen LogP contribution >= 0.6 is 22.9 Å². The average Bonchev–Trinajstić information content (AvgIpc) is 3.52. The van der Waals surface area contributed by atoms with E-state index in [9.17, 15) is 18.0 Å². The minimum Gasteiger partial charge on any atom is -0.368 e. The molecule has 2 aromatic heterocycles. The quantitative estimate of drug-likeness (QED) is 0.364. The van der Waals surface area contributed by atoms with Gasteiger partial charge in [-0.3, -0.25) is 14.4 Å². The monoisotopic (exact) mass is 528 g/mol. The van der Waals surface area contributed by atoms with Gasteiger partial charge in [-0.15, -0.1) is 11.3 Å². The molecule has 0 radical (unpaired) electrons. The zero-order valence-corrected chi connectivity index (χ0v) is 20.2. The van der Waals surface area contributed by atoms with E-state index in [0.717, 1.165) is 29.3 Å². The molecular weight excluding hydrogens is 512 g/mol. The molecular formula is C22H17ClN6O4S2. The summed E-state index contributed by atoms with van der Waals surface area (Å²) in [5.74, 6) is 0.789. The highest BCUT2D eigenvalue weighted by molar-refractivity contribution is 7.92. The number of halogens is 1. The number of hydrogen-bond donors (Lipinski definition) is 3. The van der Waals surface area contributed by atoms with Crippen LogP contribution in [0.2, 0.25) is 4.34 Å². The predicted molar refractivity (Wildman–Crippen MR) is 135 cm³/mol. The normalized spacial score (nSPS) is 13.3. The summed E-state index contributed by atoms with van der Waals surface area (Å²) in [7, 11) is -4.04. The van der Waals surface area contributed by atoms with Crippen LogP contribution in [0.4, 0.5) is 10.5 Å². The van der Waals surface area contributed by atoms with Crippen molar-refractivity contribution in [2.45, 2.75) is 4.21 Å². The maximum atomic E-state index is 13.0. The Morgan fingerprint density at radius 1 is 1.11 bits per heavy atom. The Morgan fingerprint density at radius 2 is 1.91 bits per heavy atom. The number of amides is 2. The van der Waals surface area contributed by atoms with E-state index in [1.54, 1.807) is 30.3 Å². The van der Waals surface area contributed by atoms with Crippen LogP contribution in [0.15, 0.2) is 74.9 Å². The largest absolute Gasteiger partial charge is 0.368 e. The van der Waals surface area contributed by atoms with E-state index in [1.807, 2.05) is 16.9 Å². The Hall–Kier alpha value is -3.74. The van der Waals surface area contributed by atoms with Gasteiger partial charge in [-0.05, 0) is 48.5 Å². The highest BCUT2D eigenvalue weighted by Crippen LogP contribution is 2.25. The Kier molecular flexibility index (Phi) is 6.01. The Morgan fingerprint density at radius 3 is 2.60 bits per heavy atom. The molecule has 0 fully saturated rings. The van der Waals surface area contributed by atoms with Gasteiger partial charge in [0.2, 0.25) is 0 Å². The van der Waals surface area contributed by atoms with E-state index >= 15 is 0 Å². The van der Waals surface area contributed by atoms with Crippen LogP contribution in [0.25, 0.3) is 16.6 Å². The van der Waals surface area contributed by atoms with Gasteiger partial charge in [0.1, 0.15) is 16.4 Å². The number of aromatic nitrogens is 2. The molecule has 35 heavy (non-hydrogen) atoms. The van der Waals surface area contributed by atoms with Gasteiger partial charge in [-0.25, -0.2) is 22.9 Å². The molecule has 0 atom stereocenters. The molecule has 4 aromatic rings. The van der Waals surface area contributed by atoms with Gasteiger partial charge in [0, 0.05) is 17.8 Å². The summed E-state index contributed by atoms with van der Waals surface area (Å²) < 4.78 is 28.0. The van der Waals surface area contributed by atoms with Gasteiger partial charge in [0.15, 0.2) is 0 Å². The lowest BCUT2D eigenvalue weighted by Crippen LogP contribution is -2.33. The van der Waals surface area contributed by atoms with Crippen molar-refractivity contribution in [2.24, 2.45) is 4.99 Å². The van der Waals surface area contributed by atoms with Crippen LogP contribution in [0, 0.1) is 0 Å². The molecule has 0 saturated heterocycles. The van der Waals surface area contributed by atoms with E-state index in [0.29, 0.717) is 33.2 Å². The second kappa shape index (κ2) is 9.13. The molecule has 0 aliphatic carbocycles. The van der Waals surface area contributed by atoms with E-state index in [4.69, 9.17) is 11.6 Å². The summed E-state index contributed by atoms with van der Waals surface area (Å²) in [6, 6.07) is 13.5. The van der Waals surface area contributed by atoms with Crippen molar-refractivity contribution in [3.05, 3.63) is 81.2 Å².